The molecule has 4 aromatic rings. The fraction of sp³-hybridized carbons (Fsp3) is 0.308. The average Bonchev–Trinajstić information content (AvgIpc) is 3.50. The van der Waals surface area contributed by atoms with Gasteiger partial charge in [-0.1, -0.05) is 19.1 Å². The molecule has 35 heavy (non-hydrogen) atoms. The van der Waals surface area contributed by atoms with Gasteiger partial charge in [-0.2, -0.15) is 0 Å². The molecule has 1 fully saturated rings. The van der Waals surface area contributed by atoms with Crippen molar-refractivity contribution in [3.05, 3.63) is 59.7 Å². The molecule has 0 amide bonds. The molecule has 0 spiro atoms. The van der Waals surface area contributed by atoms with Gasteiger partial charge in [0.25, 0.3) is 0 Å². The number of carbonyl (C=O) groups excluding carboxylic acids is 2. The predicted molar refractivity (Wildman–Crippen MR) is 131 cm³/mol. The number of esters is 2. The Morgan fingerprint density at radius 2 is 1.80 bits per heavy atom. The van der Waals surface area contributed by atoms with Gasteiger partial charge in [-0.15, -0.1) is 0 Å². The number of anilines is 1. The van der Waals surface area contributed by atoms with Gasteiger partial charge in [0, 0.05) is 12.3 Å². The summed E-state index contributed by atoms with van der Waals surface area (Å²) in [6, 6.07) is 14.2. The number of para-hydroxylation sites is 2. The van der Waals surface area contributed by atoms with Crippen LogP contribution in [0, 0.1) is 0 Å². The Balaban J connectivity index is 1.57. The number of aromatic nitrogens is 3. The number of hydrogen-bond acceptors (Lipinski definition) is 8. The molecule has 9 heteroatoms. The van der Waals surface area contributed by atoms with Gasteiger partial charge in [0.1, 0.15) is 23.5 Å². The van der Waals surface area contributed by atoms with Gasteiger partial charge in [0.15, 0.2) is 5.65 Å². The van der Waals surface area contributed by atoms with Crippen LogP contribution in [0.25, 0.3) is 27.9 Å². The van der Waals surface area contributed by atoms with Crippen molar-refractivity contribution in [2.45, 2.75) is 32.3 Å². The van der Waals surface area contributed by atoms with E-state index < -0.39 is 11.9 Å². The Bertz CT molecular complexity index is 1390. The summed E-state index contributed by atoms with van der Waals surface area (Å²) in [4.78, 5) is 34.8. The minimum absolute atomic E-state index is 0.111. The van der Waals surface area contributed by atoms with Crippen LogP contribution in [0.3, 0.4) is 0 Å². The number of nitrogens with two attached hydrogens (primary N) is 1. The summed E-state index contributed by atoms with van der Waals surface area (Å²) in [5, 5.41) is 0. The third kappa shape index (κ3) is 4.42. The number of rotatable bonds is 7. The lowest BCUT2D eigenvalue weighted by atomic mass is 10.2. The summed E-state index contributed by atoms with van der Waals surface area (Å²) < 4.78 is 18.0. The molecule has 2 N–H and O–H groups in total. The van der Waals surface area contributed by atoms with Gasteiger partial charge in [0.05, 0.1) is 29.3 Å². The number of carbonyl (C=O) groups is 2. The summed E-state index contributed by atoms with van der Waals surface area (Å²) in [6.45, 7) is 3.11. The Morgan fingerprint density at radius 3 is 2.49 bits per heavy atom. The second kappa shape index (κ2) is 9.71. The number of ether oxygens (including phenoxy) is 3. The fourth-order valence-electron chi connectivity index (χ4n) is 4.17. The fourth-order valence-corrected chi connectivity index (χ4v) is 4.17. The standard InChI is InChI=1S/C26H26N4O5/c1-2-13-34-25(31)16-9-11-17(12-10-16)30-23(27)21(26(32)35-15-18-6-5-14-33-18)22-24(30)29-20-8-4-3-7-19(20)28-22/h3-4,7-12,18H,2,5-6,13-15,27H2,1H3/t18-/m1/s1. The zero-order chi connectivity index (χ0) is 24.4. The molecule has 3 heterocycles. The van der Waals surface area contributed by atoms with E-state index in [0.29, 0.717) is 46.7 Å². The second-order valence-electron chi connectivity index (χ2n) is 8.40. The topological polar surface area (TPSA) is 119 Å². The van der Waals surface area contributed by atoms with E-state index in [2.05, 4.69) is 0 Å². The van der Waals surface area contributed by atoms with Crippen molar-refractivity contribution in [2.24, 2.45) is 0 Å². The zero-order valence-corrected chi connectivity index (χ0v) is 19.4. The molecular formula is C26H26N4O5. The molecule has 0 unspecified atom stereocenters. The van der Waals surface area contributed by atoms with Gasteiger partial charge in [0.2, 0.25) is 0 Å². The number of fused-ring (bicyclic) bond motifs is 2. The van der Waals surface area contributed by atoms with Crippen molar-refractivity contribution in [1.82, 2.24) is 14.5 Å². The lowest BCUT2D eigenvalue weighted by Crippen LogP contribution is -2.18. The Labute approximate surface area is 201 Å². The Morgan fingerprint density at radius 1 is 1.06 bits per heavy atom. The van der Waals surface area contributed by atoms with Crippen molar-refractivity contribution >= 4 is 40.0 Å². The van der Waals surface area contributed by atoms with Crippen molar-refractivity contribution in [2.75, 3.05) is 25.6 Å². The first-order valence-corrected chi connectivity index (χ1v) is 11.7. The Hall–Kier alpha value is -3.98. The SMILES string of the molecule is CCCOC(=O)c1ccc(-n2c(N)c(C(=O)OC[C@H]3CCCO3)c3nc4ccccc4nc32)cc1. The van der Waals surface area contributed by atoms with Crippen LogP contribution in [0.15, 0.2) is 48.5 Å². The molecule has 0 aliphatic carbocycles. The van der Waals surface area contributed by atoms with Crippen LogP contribution in [0.2, 0.25) is 0 Å². The molecule has 1 saturated heterocycles. The largest absolute Gasteiger partial charge is 0.462 e. The zero-order valence-electron chi connectivity index (χ0n) is 19.4. The smallest absolute Gasteiger partial charge is 0.344 e. The van der Waals surface area contributed by atoms with Gasteiger partial charge in [-0.05, 0) is 55.7 Å². The second-order valence-corrected chi connectivity index (χ2v) is 8.40. The minimum atomic E-state index is -0.578. The average molecular weight is 475 g/mol. The quantitative estimate of drug-likeness (QED) is 0.398. The van der Waals surface area contributed by atoms with Gasteiger partial charge >= 0.3 is 11.9 Å². The Kier molecular flexibility index (Phi) is 6.33. The van der Waals surface area contributed by atoms with Gasteiger partial charge in [-0.3, -0.25) is 4.57 Å². The van der Waals surface area contributed by atoms with E-state index in [0.717, 1.165) is 19.3 Å². The van der Waals surface area contributed by atoms with Gasteiger partial charge in [-0.25, -0.2) is 19.6 Å². The van der Waals surface area contributed by atoms with E-state index in [4.69, 9.17) is 29.9 Å². The van der Waals surface area contributed by atoms with Crippen molar-refractivity contribution in [3.8, 4) is 5.69 Å². The first-order valence-electron chi connectivity index (χ1n) is 11.7. The normalized spacial score (nSPS) is 15.5. The summed E-state index contributed by atoms with van der Waals surface area (Å²) in [7, 11) is 0. The van der Waals surface area contributed by atoms with Crippen LogP contribution >= 0.6 is 0 Å². The molecule has 5 rings (SSSR count). The summed E-state index contributed by atoms with van der Waals surface area (Å²) >= 11 is 0. The van der Waals surface area contributed by atoms with Crippen molar-refractivity contribution in [3.63, 3.8) is 0 Å². The number of benzene rings is 2. The maximum atomic E-state index is 13.2. The molecule has 1 aliphatic heterocycles. The highest BCUT2D eigenvalue weighted by Gasteiger charge is 2.27. The molecule has 1 aliphatic rings. The maximum absolute atomic E-state index is 13.2. The van der Waals surface area contributed by atoms with E-state index in [1.165, 1.54) is 0 Å². The van der Waals surface area contributed by atoms with E-state index in [9.17, 15) is 9.59 Å². The number of nitrogens with zero attached hydrogens (tertiary/aromatic N) is 3. The third-order valence-electron chi connectivity index (χ3n) is 5.92. The van der Waals surface area contributed by atoms with Gasteiger partial charge < -0.3 is 19.9 Å². The highest BCUT2D eigenvalue weighted by atomic mass is 16.6. The molecule has 0 saturated carbocycles. The minimum Gasteiger partial charge on any atom is -0.462 e. The van der Waals surface area contributed by atoms with Crippen LogP contribution in [0.1, 0.15) is 46.9 Å². The van der Waals surface area contributed by atoms with E-state index >= 15 is 0 Å². The summed E-state index contributed by atoms with van der Waals surface area (Å²) in [6.07, 6.45) is 2.43. The van der Waals surface area contributed by atoms with Crippen molar-refractivity contribution < 1.29 is 23.8 Å². The van der Waals surface area contributed by atoms with Crippen molar-refractivity contribution in [1.29, 1.82) is 0 Å². The van der Waals surface area contributed by atoms with Crippen LogP contribution in [-0.4, -0.2) is 52.4 Å². The van der Waals surface area contributed by atoms with E-state index in [-0.39, 0.29) is 24.1 Å². The van der Waals surface area contributed by atoms with Crippen LogP contribution < -0.4 is 5.73 Å². The maximum Gasteiger partial charge on any atom is 0.344 e. The first-order chi connectivity index (χ1) is 17.1. The summed E-state index contributed by atoms with van der Waals surface area (Å²) in [5.74, 6) is -0.812. The van der Waals surface area contributed by atoms with Crippen LogP contribution in [0.5, 0.6) is 0 Å². The molecule has 0 radical (unpaired) electrons. The van der Waals surface area contributed by atoms with Crippen LogP contribution in [-0.2, 0) is 14.2 Å². The molecule has 1 atom stereocenters. The summed E-state index contributed by atoms with van der Waals surface area (Å²) in [5.41, 5.74) is 9.80. The molecule has 180 valence electrons. The first kappa shape index (κ1) is 22.8. The predicted octanol–water partition coefficient (Wildman–Crippen LogP) is 4.06. The number of nitrogen functional groups attached to an aromatic ring is 1. The molecule has 0 bridgehead atoms. The molecule has 9 nitrogen and oxygen atoms in total. The third-order valence-corrected chi connectivity index (χ3v) is 5.92. The highest BCUT2D eigenvalue weighted by molar-refractivity contribution is 6.09. The highest BCUT2D eigenvalue weighted by Crippen LogP contribution is 2.32. The van der Waals surface area contributed by atoms with E-state index in [1.54, 1.807) is 28.8 Å². The lowest BCUT2D eigenvalue weighted by Gasteiger charge is -2.11. The van der Waals surface area contributed by atoms with E-state index in [1.807, 2.05) is 31.2 Å². The number of hydrogen-bond donors (Lipinski definition) is 1. The lowest BCUT2D eigenvalue weighted by molar-refractivity contribution is 0.0163. The van der Waals surface area contributed by atoms with Crippen LogP contribution in [0.4, 0.5) is 5.82 Å². The molecular weight excluding hydrogens is 448 g/mol. The molecule has 2 aromatic heterocycles. The molecule has 2 aromatic carbocycles. The monoisotopic (exact) mass is 474 g/mol.